The van der Waals surface area contributed by atoms with Crippen LogP contribution in [0.2, 0.25) is 0 Å². The van der Waals surface area contributed by atoms with E-state index >= 15 is 0 Å². The lowest BCUT2D eigenvalue weighted by Crippen LogP contribution is -2.48. The van der Waals surface area contributed by atoms with Crippen LogP contribution in [0.15, 0.2) is 27.3 Å². The Morgan fingerprint density at radius 1 is 1.24 bits per heavy atom. The maximum atomic E-state index is 12.7. The highest BCUT2D eigenvalue weighted by Crippen LogP contribution is 2.20. The van der Waals surface area contributed by atoms with Crippen LogP contribution in [0.4, 0.5) is 0 Å². The number of rotatable bonds is 4. The summed E-state index contributed by atoms with van der Waals surface area (Å²) in [5.74, 6) is -0.663. The smallest absolute Gasteiger partial charge is 0.287 e. The van der Waals surface area contributed by atoms with Crippen molar-refractivity contribution in [3.63, 3.8) is 0 Å². The van der Waals surface area contributed by atoms with Crippen molar-refractivity contribution in [3.05, 3.63) is 41.2 Å². The lowest BCUT2D eigenvalue weighted by atomic mass is 10.2. The molecule has 0 saturated carbocycles. The topological polar surface area (TPSA) is 109 Å². The average molecular weight is 346 g/mol. The first-order chi connectivity index (χ1) is 12.0. The SMILES string of the molecule is Cc1noc(C)c1C(=O)N1CCCN1C(=O)CNC(=O)c1ccco1. The van der Waals surface area contributed by atoms with Gasteiger partial charge in [0.05, 0.1) is 18.5 Å². The Balaban J connectivity index is 1.66. The first-order valence-electron chi connectivity index (χ1n) is 7.85. The van der Waals surface area contributed by atoms with Crippen LogP contribution in [0.1, 0.15) is 38.8 Å². The van der Waals surface area contributed by atoms with Gasteiger partial charge in [0.15, 0.2) is 5.76 Å². The predicted molar refractivity (Wildman–Crippen MR) is 84.4 cm³/mol. The molecule has 3 heterocycles. The highest BCUT2D eigenvalue weighted by atomic mass is 16.5. The van der Waals surface area contributed by atoms with E-state index in [2.05, 4.69) is 10.5 Å². The number of hydrogen-bond donors (Lipinski definition) is 1. The molecule has 0 aromatic carbocycles. The largest absolute Gasteiger partial charge is 0.459 e. The van der Waals surface area contributed by atoms with E-state index in [1.54, 1.807) is 19.9 Å². The number of aryl methyl sites for hydroxylation is 2. The summed E-state index contributed by atoms with van der Waals surface area (Å²) in [5.41, 5.74) is 0.840. The minimum atomic E-state index is -0.485. The van der Waals surface area contributed by atoms with Gasteiger partial charge in [-0.1, -0.05) is 5.16 Å². The Morgan fingerprint density at radius 2 is 2.00 bits per heavy atom. The van der Waals surface area contributed by atoms with E-state index < -0.39 is 5.91 Å². The quantitative estimate of drug-likeness (QED) is 0.881. The van der Waals surface area contributed by atoms with Crippen molar-refractivity contribution >= 4 is 17.7 Å². The van der Waals surface area contributed by atoms with Crippen molar-refractivity contribution in [1.82, 2.24) is 20.5 Å². The summed E-state index contributed by atoms with van der Waals surface area (Å²) in [6, 6.07) is 3.09. The minimum Gasteiger partial charge on any atom is -0.459 e. The molecule has 25 heavy (non-hydrogen) atoms. The molecule has 1 N–H and O–H groups in total. The molecule has 0 aliphatic carbocycles. The van der Waals surface area contributed by atoms with Crippen LogP contribution in [-0.4, -0.2) is 52.5 Å². The summed E-state index contributed by atoms with van der Waals surface area (Å²) in [6.45, 7) is 3.92. The molecule has 9 nitrogen and oxygen atoms in total. The van der Waals surface area contributed by atoms with E-state index in [0.717, 1.165) is 0 Å². The second-order valence-electron chi connectivity index (χ2n) is 5.66. The van der Waals surface area contributed by atoms with Gasteiger partial charge in [-0.15, -0.1) is 0 Å². The van der Waals surface area contributed by atoms with Crippen molar-refractivity contribution in [3.8, 4) is 0 Å². The molecule has 1 aliphatic heterocycles. The fraction of sp³-hybridized carbons (Fsp3) is 0.375. The normalized spacial score (nSPS) is 14.0. The summed E-state index contributed by atoms with van der Waals surface area (Å²) in [5, 5.41) is 8.97. The zero-order valence-electron chi connectivity index (χ0n) is 13.9. The van der Waals surface area contributed by atoms with E-state index in [9.17, 15) is 14.4 Å². The van der Waals surface area contributed by atoms with Crippen LogP contribution >= 0.6 is 0 Å². The molecule has 3 rings (SSSR count). The highest BCUT2D eigenvalue weighted by molar-refractivity contribution is 5.98. The van der Waals surface area contributed by atoms with Crippen molar-refractivity contribution in [2.75, 3.05) is 19.6 Å². The molecular formula is C16H18N4O5. The lowest BCUT2D eigenvalue weighted by molar-refractivity contribution is -0.139. The number of nitrogens with one attached hydrogen (secondary N) is 1. The van der Waals surface area contributed by atoms with Crippen molar-refractivity contribution in [1.29, 1.82) is 0 Å². The molecule has 1 saturated heterocycles. The molecule has 1 fully saturated rings. The van der Waals surface area contributed by atoms with Gasteiger partial charge in [-0.25, -0.2) is 10.0 Å². The van der Waals surface area contributed by atoms with E-state index in [-0.39, 0.29) is 24.1 Å². The first-order valence-corrected chi connectivity index (χ1v) is 7.85. The van der Waals surface area contributed by atoms with Crippen LogP contribution in [0.5, 0.6) is 0 Å². The molecule has 9 heteroatoms. The molecule has 0 radical (unpaired) electrons. The number of hydrogen-bond acceptors (Lipinski definition) is 6. The summed E-state index contributed by atoms with van der Waals surface area (Å²) < 4.78 is 9.99. The standard InChI is InChI=1S/C16H18N4O5/c1-10-14(11(2)25-18-10)16(23)20-7-4-6-19(20)13(21)9-17-15(22)12-5-3-8-24-12/h3,5,8H,4,6-7,9H2,1-2H3,(H,17,22). The third-order valence-electron chi connectivity index (χ3n) is 3.95. The molecule has 132 valence electrons. The monoisotopic (exact) mass is 346 g/mol. The van der Waals surface area contributed by atoms with Gasteiger partial charge in [0.25, 0.3) is 17.7 Å². The van der Waals surface area contributed by atoms with Crippen LogP contribution in [0, 0.1) is 13.8 Å². The highest BCUT2D eigenvalue weighted by Gasteiger charge is 2.34. The van der Waals surface area contributed by atoms with Gasteiger partial charge < -0.3 is 14.3 Å². The van der Waals surface area contributed by atoms with E-state index in [0.29, 0.717) is 36.5 Å². The Hall–Kier alpha value is -3.10. The van der Waals surface area contributed by atoms with Gasteiger partial charge in [-0.3, -0.25) is 14.4 Å². The van der Waals surface area contributed by atoms with Gasteiger partial charge in [0, 0.05) is 13.1 Å². The maximum Gasteiger partial charge on any atom is 0.287 e. The van der Waals surface area contributed by atoms with Crippen LogP contribution < -0.4 is 5.32 Å². The van der Waals surface area contributed by atoms with Gasteiger partial charge in [0.1, 0.15) is 11.3 Å². The molecular weight excluding hydrogens is 328 g/mol. The Labute approximate surface area is 143 Å². The van der Waals surface area contributed by atoms with Gasteiger partial charge >= 0.3 is 0 Å². The van der Waals surface area contributed by atoms with Gasteiger partial charge in [-0.2, -0.15) is 0 Å². The van der Waals surface area contributed by atoms with E-state index in [1.807, 2.05) is 0 Å². The molecule has 0 spiro atoms. The average Bonchev–Trinajstić information content (AvgIpc) is 3.33. The number of amides is 3. The molecule has 0 unspecified atom stereocenters. The molecule has 1 aliphatic rings. The molecule has 0 bridgehead atoms. The Morgan fingerprint density at radius 3 is 2.64 bits per heavy atom. The second-order valence-corrected chi connectivity index (χ2v) is 5.66. The van der Waals surface area contributed by atoms with Crippen LogP contribution in [0.3, 0.4) is 0 Å². The molecule has 0 atom stereocenters. The number of hydrazine groups is 1. The Bertz CT molecular complexity index is 776. The first kappa shape index (κ1) is 16.7. The zero-order chi connectivity index (χ0) is 18.0. The number of aromatic nitrogens is 1. The fourth-order valence-corrected chi connectivity index (χ4v) is 2.74. The van der Waals surface area contributed by atoms with E-state index in [1.165, 1.54) is 22.3 Å². The number of furan rings is 1. The fourth-order valence-electron chi connectivity index (χ4n) is 2.74. The minimum absolute atomic E-state index is 0.123. The van der Waals surface area contributed by atoms with Crippen molar-refractivity contribution in [2.24, 2.45) is 0 Å². The van der Waals surface area contributed by atoms with E-state index in [4.69, 9.17) is 8.94 Å². The maximum absolute atomic E-state index is 12.7. The molecule has 2 aromatic heterocycles. The number of carbonyl (C=O) groups is 3. The van der Waals surface area contributed by atoms with Crippen LogP contribution in [0.25, 0.3) is 0 Å². The molecule has 2 aromatic rings. The number of nitrogens with zero attached hydrogens (tertiary/aromatic N) is 3. The lowest BCUT2D eigenvalue weighted by Gasteiger charge is -2.27. The van der Waals surface area contributed by atoms with Gasteiger partial charge in [0.2, 0.25) is 0 Å². The summed E-state index contributed by atoms with van der Waals surface area (Å²) in [6.07, 6.45) is 2.04. The zero-order valence-corrected chi connectivity index (χ0v) is 13.9. The third kappa shape index (κ3) is 3.25. The molecule has 3 amide bonds. The summed E-state index contributed by atoms with van der Waals surface area (Å²) in [7, 11) is 0. The third-order valence-corrected chi connectivity index (χ3v) is 3.95. The van der Waals surface area contributed by atoms with Crippen LogP contribution in [-0.2, 0) is 4.79 Å². The summed E-state index contributed by atoms with van der Waals surface area (Å²) in [4.78, 5) is 37.0. The van der Waals surface area contributed by atoms with Crippen molar-refractivity contribution < 1.29 is 23.3 Å². The second kappa shape index (κ2) is 6.80. The van der Waals surface area contributed by atoms with Gasteiger partial charge in [-0.05, 0) is 32.4 Å². The van der Waals surface area contributed by atoms with Crippen molar-refractivity contribution in [2.45, 2.75) is 20.3 Å². The summed E-state index contributed by atoms with van der Waals surface area (Å²) >= 11 is 0. The predicted octanol–water partition coefficient (Wildman–Crippen LogP) is 0.904. The Kier molecular flexibility index (Phi) is 4.55. The number of carbonyl (C=O) groups excluding carboxylic acids is 3.